The Morgan fingerprint density at radius 3 is 2.64 bits per heavy atom. The molecule has 0 atom stereocenters. The fourth-order valence-electron chi connectivity index (χ4n) is 2.47. The van der Waals surface area contributed by atoms with Gasteiger partial charge in [-0.05, 0) is 29.3 Å². The standard InChI is InChI=1S/C19H17N3O3/c23-17(10-9-14-5-2-1-3-6-14)21-16-8-4-7-15(11-16)13-22-18(24)12-20-19(22)25/h1-11H,12-13H2,(H,20,25)(H,21,23)/b10-9-. The van der Waals surface area contributed by atoms with Crippen LogP contribution in [0.1, 0.15) is 11.1 Å². The van der Waals surface area contributed by atoms with E-state index >= 15 is 0 Å². The molecule has 6 heteroatoms. The molecule has 4 amide bonds. The average molecular weight is 335 g/mol. The van der Waals surface area contributed by atoms with Gasteiger partial charge in [-0.25, -0.2) is 4.79 Å². The zero-order chi connectivity index (χ0) is 17.6. The Morgan fingerprint density at radius 2 is 1.92 bits per heavy atom. The van der Waals surface area contributed by atoms with Crippen molar-refractivity contribution in [1.82, 2.24) is 10.2 Å². The van der Waals surface area contributed by atoms with E-state index in [1.807, 2.05) is 30.3 Å². The maximum atomic E-state index is 12.0. The van der Waals surface area contributed by atoms with E-state index in [0.717, 1.165) is 16.0 Å². The van der Waals surface area contributed by atoms with E-state index in [2.05, 4.69) is 10.6 Å². The Morgan fingerprint density at radius 1 is 1.12 bits per heavy atom. The first-order valence-corrected chi connectivity index (χ1v) is 7.83. The molecule has 0 radical (unpaired) electrons. The van der Waals surface area contributed by atoms with Gasteiger partial charge in [-0.2, -0.15) is 0 Å². The molecular formula is C19H17N3O3. The lowest BCUT2D eigenvalue weighted by atomic mass is 10.2. The van der Waals surface area contributed by atoms with Crippen molar-refractivity contribution >= 4 is 29.6 Å². The lowest BCUT2D eigenvalue weighted by Gasteiger charge is -2.13. The number of nitrogens with zero attached hydrogens (tertiary/aromatic N) is 1. The summed E-state index contributed by atoms with van der Waals surface area (Å²) in [5, 5.41) is 5.25. The third kappa shape index (κ3) is 4.32. The van der Waals surface area contributed by atoms with Gasteiger partial charge in [-0.1, -0.05) is 42.5 Å². The van der Waals surface area contributed by atoms with Gasteiger partial charge < -0.3 is 10.6 Å². The van der Waals surface area contributed by atoms with E-state index < -0.39 is 6.03 Å². The quantitative estimate of drug-likeness (QED) is 0.650. The van der Waals surface area contributed by atoms with Crippen molar-refractivity contribution < 1.29 is 14.4 Å². The van der Waals surface area contributed by atoms with Gasteiger partial charge in [-0.3, -0.25) is 14.5 Å². The van der Waals surface area contributed by atoms with Crippen molar-refractivity contribution in [3.8, 4) is 0 Å². The van der Waals surface area contributed by atoms with Gasteiger partial charge in [0.2, 0.25) is 11.8 Å². The molecule has 6 nitrogen and oxygen atoms in total. The van der Waals surface area contributed by atoms with Gasteiger partial charge >= 0.3 is 6.03 Å². The van der Waals surface area contributed by atoms with E-state index in [-0.39, 0.29) is 24.9 Å². The highest BCUT2D eigenvalue weighted by molar-refractivity contribution is 6.02. The summed E-state index contributed by atoms with van der Waals surface area (Å²) in [5.74, 6) is -0.513. The second-order valence-electron chi connectivity index (χ2n) is 5.57. The summed E-state index contributed by atoms with van der Waals surface area (Å²) in [4.78, 5) is 36.4. The molecule has 0 aliphatic carbocycles. The molecule has 1 saturated heterocycles. The SMILES string of the molecule is O=C(/C=C\c1ccccc1)Nc1cccc(CN2C(=O)CNC2=O)c1. The van der Waals surface area contributed by atoms with Gasteiger partial charge in [0.05, 0.1) is 13.1 Å². The van der Waals surface area contributed by atoms with Crippen molar-refractivity contribution in [2.45, 2.75) is 6.54 Å². The molecule has 1 fully saturated rings. The number of anilines is 1. The molecule has 1 aliphatic rings. The summed E-state index contributed by atoms with van der Waals surface area (Å²) in [6, 6.07) is 16.2. The third-order valence-corrected chi connectivity index (χ3v) is 3.70. The Labute approximate surface area is 145 Å². The fourth-order valence-corrected chi connectivity index (χ4v) is 2.47. The maximum Gasteiger partial charge on any atom is 0.324 e. The number of carbonyl (C=O) groups excluding carboxylic acids is 3. The minimum Gasteiger partial charge on any atom is -0.329 e. The molecule has 25 heavy (non-hydrogen) atoms. The van der Waals surface area contributed by atoms with Gasteiger partial charge in [-0.15, -0.1) is 0 Å². The number of imide groups is 1. The largest absolute Gasteiger partial charge is 0.329 e. The summed E-state index contributed by atoms with van der Waals surface area (Å²) >= 11 is 0. The molecule has 1 heterocycles. The summed E-state index contributed by atoms with van der Waals surface area (Å²) in [6.07, 6.45) is 3.19. The molecule has 2 aromatic rings. The summed E-state index contributed by atoms with van der Waals surface area (Å²) in [6.45, 7) is 0.202. The summed E-state index contributed by atoms with van der Waals surface area (Å²) in [5.41, 5.74) is 2.30. The minimum absolute atomic E-state index is 0.0273. The highest BCUT2D eigenvalue weighted by Gasteiger charge is 2.28. The molecule has 1 aliphatic heterocycles. The maximum absolute atomic E-state index is 12.0. The van der Waals surface area contributed by atoms with Gasteiger partial charge in [0.15, 0.2) is 0 Å². The Kier molecular flexibility index (Phi) is 4.89. The number of amides is 4. The van der Waals surface area contributed by atoms with Crippen molar-refractivity contribution in [2.24, 2.45) is 0 Å². The van der Waals surface area contributed by atoms with Crippen molar-refractivity contribution in [3.63, 3.8) is 0 Å². The molecule has 0 saturated carbocycles. The molecule has 0 bridgehead atoms. The third-order valence-electron chi connectivity index (χ3n) is 3.70. The van der Waals surface area contributed by atoms with Crippen LogP contribution >= 0.6 is 0 Å². The topological polar surface area (TPSA) is 78.5 Å². The Balaban J connectivity index is 1.63. The Bertz CT molecular complexity index is 815. The molecular weight excluding hydrogens is 318 g/mol. The zero-order valence-electron chi connectivity index (χ0n) is 13.4. The van der Waals surface area contributed by atoms with E-state index in [0.29, 0.717) is 5.69 Å². The molecule has 126 valence electrons. The second-order valence-corrected chi connectivity index (χ2v) is 5.57. The van der Waals surface area contributed by atoms with Crippen molar-refractivity contribution in [1.29, 1.82) is 0 Å². The highest BCUT2D eigenvalue weighted by Crippen LogP contribution is 2.14. The minimum atomic E-state index is -0.398. The molecule has 0 unspecified atom stereocenters. The fraction of sp³-hybridized carbons (Fsp3) is 0.105. The molecule has 3 rings (SSSR count). The smallest absolute Gasteiger partial charge is 0.324 e. The predicted octanol–water partition coefficient (Wildman–Crippen LogP) is 2.39. The molecule has 0 spiro atoms. The zero-order valence-corrected chi connectivity index (χ0v) is 13.4. The number of hydrogen-bond acceptors (Lipinski definition) is 3. The summed E-state index contributed by atoms with van der Waals surface area (Å²) < 4.78 is 0. The first kappa shape index (κ1) is 16.4. The van der Waals surface area contributed by atoms with Gasteiger partial charge in [0, 0.05) is 11.8 Å². The van der Waals surface area contributed by atoms with E-state index in [9.17, 15) is 14.4 Å². The number of nitrogens with one attached hydrogen (secondary N) is 2. The predicted molar refractivity (Wildman–Crippen MR) is 94.5 cm³/mol. The first-order valence-electron chi connectivity index (χ1n) is 7.83. The van der Waals surface area contributed by atoms with Crippen molar-refractivity contribution in [3.05, 3.63) is 71.8 Å². The van der Waals surface area contributed by atoms with Crippen LogP contribution in [-0.2, 0) is 16.1 Å². The average Bonchev–Trinajstić information content (AvgIpc) is 2.93. The van der Waals surface area contributed by atoms with Crippen LogP contribution < -0.4 is 10.6 Å². The normalized spacial score (nSPS) is 14.0. The highest BCUT2D eigenvalue weighted by atomic mass is 16.2. The van der Waals surface area contributed by atoms with Crippen LogP contribution in [0.3, 0.4) is 0 Å². The summed E-state index contributed by atoms with van der Waals surface area (Å²) in [7, 11) is 0. The van der Waals surface area contributed by atoms with E-state index in [1.165, 1.54) is 6.08 Å². The first-order chi connectivity index (χ1) is 12.1. The van der Waals surface area contributed by atoms with Crippen LogP contribution in [0.2, 0.25) is 0 Å². The number of urea groups is 1. The number of benzene rings is 2. The monoisotopic (exact) mass is 335 g/mol. The number of carbonyl (C=O) groups is 3. The van der Waals surface area contributed by atoms with Crippen LogP contribution in [0.4, 0.5) is 10.5 Å². The van der Waals surface area contributed by atoms with Crippen LogP contribution in [-0.4, -0.2) is 29.3 Å². The lowest BCUT2D eigenvalue weighted by Crippen LogP contribution is -2.30. The second kappa shape index (κ2) is 7.44. The Hall–Kier alpha value is -3.41. The van der Waals surface area contributed by atoms with Gasteiger partial charge in [0.25, 0.3) is 0 Å². The number of hydrogen-bond donors (Lipinski definition) is 2. The van der Waals surface area contributed by atoms with E-state index in [4.69, 9.17) is 0 Å². The lowest BCUT2D eigenvalue weighted by molar-refractivity contribution is -0.125. The van der Waals surface area contributed by atoms with Gasteiger partial charge in [0.1, 0.15) is 0 Å². The molecule has 0 aromatic heterocycles. The number of rotatable bonds is 5. The van der Waals surface area contributed by atoms with Crippen LogP contribution in [0, 0.1) is 0 Å². The van der Waals surface area contributed by atoms with Crippen LogP contribution in [0.5, 0.6) is 0 Å². The van der Waals surface area contributed by atoms with Crippen molar-refractivity contribution in [2.75, 3.05) is 11.9 Å². The van der Waals surface area contributed by atoms with Crippen LogP contribution in [0.15, 0.2) is 60.7 Å². The van der Waals surface area contributed by atoms with Crippen LogP contribution in [0.25, 0.3) is 6.08 Å². The van der Waals surface area contributed by atoms with E-state index in [1.54, 1.807) is 30.3 Å². The molecule has 2 N–H and O–H groups in total. The molecule has 2 aromatic carbocycles.